The third-order valence-corrected chi connectivity index (χ3v) is 3.51. The number of amides is 1. The molecule has 3 nitrogen and oxygen atoms in total. The van der Waals surface area contributed by atoms with E-state index in [0.29, 0.717) is 18.0 Å². The lowest BCUT2D eigenvalue weighted by Gasteiger charge is -2.27. The quantitative estimate of drug-likeness (QED) is 0.836. The number of alkyl halides is 3. The lowest BCUT2D eigenvalue weighted by atomic mass is 10.0. The van der Waals surface area contributed by atoms with Crippen LogP contribution in [0.15, 0.2) is 29.2 Å². The Bertz CT molecular complexity index is 449. The van der Waals surface area contributed by atoms with Crippen molar-refractivity contribution in [3.63, 3.8) is 0 Å². The minimum atomic E-state index is -4.30. The van der Waals surface area contributed by atoms with Gasteiger partial charge in [0, 0.05) is 36.0 Å². The number of benzene rings is 1. The first-order valence-electron chi connectivity index (χ1n) is 5.79. The Hall–Kier alpha value is -0.920. The number of rotatable bonds is 4. The van der Waals surface area contributed by atoms with Gasteiger partial charge < -0.3 is 10.6 Å². The Kier molecular flexibility index (Phi) is 6.16. The number of nitrogens with one attached hydrogen (secondary N) is 2. The van der Waals surface area contributed by atoms with Gasteiger partial charge in [0.25, 0.3) is 5.91 Å². The first kappa shape index (κ1) is 17.1. The molecule has 1 heterocycles. The number of carbonyl (C=O) groups excluding carboxylic acids is 1. The molecular weight excluding hydrogens is 313 g/mol. The molecule has 2 rings (SSSR count). The fourth-order valence-electron chi connectivity index (χ4n) is 1.64. The monoisotopic (exact) mass is 326 g/mol. The summed E-state index contributed by atoms with van der Waals surface area (Å²) < 4.78 is 36.4. The average molecular weight is 327 g/mol. The first-order chi connectivity index (χ1) is 8.94. The van der Waals surface area contributed by atoms with Gasteiger partial charge >= 0.3 is 5.51 Å². The molecule has 1 fully saturated rings. The highest BCUT2D eigenvalue weighted by atomic mass is 35.5. The van der Waals surface area contributed by atoms with E-state index in [1.54, 1.807) is 0 Å². The van der Waals surface area contributed by atoms with Crippen LogP contribution >= 0.6 is 24.2 Å². The van der Waals surface area contributed by atoms with Crippen molar-refractivity contribution < 1.29 is 18.0 Å². The van der Waals surface area contributed by atoms with Gasteiger partial charge in [-0.05, 0) is 36.0 Å². The van der Waals surface area contributed by atoms with Crippen molar-refractivity contribution in [1.82, 2.24) is 10.6 Å². The highest BCUT2D eigenvalue weighted by Gasteiger charge is 2.29. The molecule has 0 atom stereocenters. The van der Waals surface area contributed by atoms with Crippen molar-refractivity contribution in [3.8, 4) is 0 Å². The smallest absolute Gasteiger partial charge is 0.352 e. The summed E-state index contributed by atoms with van der Waals surface area (Å²) >= 11 is -0.188. The number of carbonyl (C=O) groups is 1. The number of thioether (sulfide) groups is 1. The van der Waals surface area contributed by atoms with Gasteiger partial charge in [-0.2, -0.15) is 13.2 Å². The molecule has 0 aliphatic carbocycles. The summed E-state index contributed by atoms with van der Waals surface area (Å²) in [5, 5.41) is 5.85. The molecule has 2 N–H and O–H groups in total. The molecule has 112 valence electrons. The van der Waals surface area contributed by atoms with Crippen LogP contribution in [0.2, 0.25) is 0 Å². The maximum absolute atomic E-state index is 12.1. The van der Waals surface area contributed by atoms with E-state index >= 15 is 0 Å². The molecule has 1 saturated heterocycles. The fraction of sp³-hybridized carbons (Fsp3) is 0.417. The fourth-order valence-corrected chi connectivity index (χ4v) is 2.18. The third-order valence-electron chi connectivity index (χ3n) is 2.77. The van der Waals surface area contributed by atoms with Crippen LogP contribution in [-0.4, -0.2) is 31.0 Å². The van der Waals surface area contributed by atoms with Crippen LogP contribution in [0.4, 0.5) is 13.2 Å². The van der Waals surface area contributed by atoms with E-state index in [0.717, 1.165) is 13.1 Å². The molecule has 0 unspecified atom stereocenters. The highest BCUT2D eigenvalue weighted by molar-refractivity contribution is 8.00. The van der Waals surface area contributed by atoms with Crippen molar-refractivity contribution in [2.75, 3.05) is 19.6 Å². The highest BCUT2D eigenvalue weighted by Crippen LogP contribution is 2.36. The van der Waals surface area contributed by atoms with Crippen LogP contribution in [0.5, 0.6) is 0 Å². The molecule has 0 spiro atoms. The van der Waals surface area contributed by atoms with Gasteiger partial charge in [0.05, 0.1) is 0 Å². The molecule has 0 radical (unpaired) electrons. The SMILES string of the molecule is Cl.O=C(NCC1CNC1)c1ccc(SC(F)(F)F)cc1. The zero-order chi connectivity index (χ0) is 13.9. The van der Waals surface area contributed by atoms with E-state index in [-0.39, 0.29) is 35.0 Å². The van der Waals surface area contributed by atoms with Crippen molar-refractivity contribution in [3.05, 3.63) is 29.8 Å². The molecule has 1 amide bonds. The molecule has 20 heavy (non-hydrogen) atoms. The molecule has 1 aliphatic heterocycles. The van der Waals surface area contributed by atoms with Gasteiger partial charge in [0.15, 0.2) is 0 Å². The molecule has 0 bridgehead atoms. The lowest BCUT2D eigenvalue weighted by molar-refractivity contribution is -0.0328. The van der Waals surface area contributed by atoms with Crippen LogP contribution in [0.3, 0.4) is 0 Å². The first-order valence-corrected chi connectivity index (χ1v) is 6.60. The summed E-state index contributed by atoms with van der Waals surface area (Å²) in [6.45, 7) is 2.37. The summed E-state index contributed by atoms with van der Waals surface area (Å²) in [4.78, 5) is 11.8. The predicted octanol–water partition coefficient (Wildman–Crippen LogP) is 2.67. The van der Waals surface area contributed by atoms with E-state index in [1.165, 1.54) is 24.3 Å². The molecule has 1 aromatic rings. The number of hydrogen-bond acceptors (Lipinski definition) is 3. The minimum Gasteiger partial charge on any atom is -0.352 e. The van der Waals surface area contributed by atoms with E-state index < -0.39 is 5.51 Å². The Labute approximate surface area is 125 Å². The van der Waals surface area contributed by atoms with Gasteiger partial charge in [0.2, 0.25) is 0 Å². The van der Waals surface area contributed by atoms with Crippen LogP contribution in [0.25, 0.3) is 0 Å². The summed E-state index contributed by atoms with van der Waals surface area (Å²) in [6.07, 6.45) is 0. The normalized spacial score (nSPS) is 15.2. The largest absolute Gasteiger partial charge is 0.446 e. The van der Waals surface area contributed by atoms with Crippen molar-refractivity contribution in [2.45, 2.75) is 10.4 Å². The topological polar surface area (TPSA) is 41.1 Å². The number of halogens is 4. The van der Waals surface area contributed by atoms with E-state index in [2.05, 4.69) is 10.6 Å². The van der Waals surface area contributed by atoms with Gasteiger partial charge in [-0.15, -0.1) is 12.4 Å². The van der Waals surface area contributed by atoms with Crippen molar-refractivity contribution >= 4 is 30.1 Å². The second kappa shape index (κ2) is 7.19. The van der Waals surface area contributed by atoms with Crippen LogP contribution in [-0.2, 0) is 0 Å². The molecule has 0 saturated carbocycles. The van der Waals surface area contributed by atoms with Crippen LogP contribution in [0, 0.1) is 5.92 Å². The van der Waals surface area contributed by atoms with Crippen molar-refractivity contribution in [1.29, 1.82) is 0 Å². The summed E-state index contributed by atoms with van der Waals surface area (Å²) in [7, 11) is 0. The maximum Gasteiger partial charge on any atom is 0.446 e. The van der Waals surface area contributed by atoms with E-state index in [4.69, 9.17) is 0 Å². The Balaban J connectivity index is 0.00000200. The average Bonchev–Trinajstić information content (AvgIpc) is 2.25. The molecule has 1 aliphatic rings. The molecule has 1 aromatic carbocycles. The maximum atomic E-state index is 12.1. The van der Waals surface area contributed by atoms with E-state index in [1.807, 2.05) is 0 Å². The second-order valence-electron chi connectivity index (χ2n) is 4.31. The van der Waals surface area contributed by atoms with Gasteiger partial charge in [-0.25, -0.2) is 0 Å². The standard InChI is InChI=1S/C12H13F3N2OS.ClH/c13-12(14,15)19-10-3-1-9(2-4-10)11(18)17-7-8-5-16-6-8;/h1-4,8,16H,5-7H2,(H,17,18);1H. The summed E-state index contributed by atoms with van der Waals surface area (Å²) in [6, 6.07) is 5.42. The van der Waals surface area contributed by atoms with Gasteiger partial charge in [0.1, 0.15) is 0 Å². The van der Waals surface area contributed by atoms with E-state index in [9.17, 15) is 18.0 Å². The molecule has 0 aromatic heterocycles. The zero-order valence-corrected chi connectivity index (χ0v) is 12.0. The number of hydrogen-bond donors (Lipinski definition) is 2. The Morgan fingerprint density at radius 3 is 2.35 bits per heavy atom. The lowest BCUT2D eigenvalue weighted by Crippen LogP contribution is -2.48. The van der Waals surface area contributed by atoms with Gasteiger partial charge in [-0.3, -0.25) is 4.79 Å². The Morgan fingerprint density at radius 2 is 1.90 bits per heavy atom. The van der Waals surface area contributed by atoms with Crippen LogP contribution in [0.1, 0.15) is 10.4 Å². The third kappa shape index (κ3) is 5.22. The Morgan fingerprint density at radius 1 is 1.30 bits per heavy atom. The van der Waals surface area contributed by atoms with Gasteiger partial charge in [-0.1, -0.05) is 0 Å². The van der Waals surface area contributed by atoms with Crippen LogP contribution < -0.4 is 10.6 Å². The predicted molar refractivity (Wildman–Crippen MR) is 74.3 cm³/mol. The second-order valence-corrected chi connectivity index (χ2v) is 5.44. The minimum absolute atomic E-state index is 0. The summed E-state index contributed by atoms with van der Waals surface area (Å²) in [5.74, 6) is 0.194. The summed E-state index contributed by atoms with van der Waals surface area (Å²) in [5.41, 5.74) is -3.93. The van der Waals surface area contributed by atoms with Crippen molar-refractivity contribution in [2.24, 2.45) is 5.92 Å². The molecular formula is C12H14ClF3N2OS. The zero-order valence-electron chi connectivity index (χ0n) is 10.4. The molecule has 8 heteroatoms.